The quantitative estimate of drug-likeness (QED) is 0.879. The molecule has 2 rings (SSSR count). The summed E-state index contributed by atoms with van der Waals surface area (Å²) in [6.07, 6.45) is 0.353. The minimum atomic E-state index is 0.0593. The van der Waals surface area contributed by atoms with Crippen LogP contribution < -0.4 is 5.73 Å². The Balaban J connectivity index is 1.96. The number of carbonyl (C=O) groups is 1. The normalized spacial score (nSPS) is 10.3. The number of anilines is 1. The standard InChI is InChI=1S/C16H17ClN2O/c1-19(11-12-5-7-15(18)8-6-12)16(20)10-13-3-2-4-14(17)9-13/h2-9H,10-11,18H2,1H3. The number of nitrogen functional groups attached to an aromatic ring is 1. The Morgan fingerprint density at radius 3 is 2.50 bits per heavy atom. The SMILES string of the molecule is CN(Cc1ccc(N)cc1)C(=O)Cc1cccc(Cl)c1. The molecule has 0 heterocycles. The van der Waals surface area contributed by atoms with Crippen LogP contribution in [0.25, 0.3) is 0 Å². The average molecular weight is 289 g/mol. The van der Waals surface area contributed by atoms with E-state index in [2.05, 4.69) is 0 Å². The highest BCUT2D eigenvalue weighted by Gasteiger charge is 2.10. The molecule has 0 aromatic heterocycles. The van der Waals surface area contributed by atoms with Gasteiger partial charge in [0.25, 0.3) is 0 Å². The van der Waals surface area contributed by atoms with Crippen molar-refractivity contribution in [3.05, 3.63) is 64.7 Å². The number of halogens is 1. The Morgan fingerprint density at radius 1 is 1.15 bits per heavy atom. The third-order valence-electron chi connectivity index (χ3n) is 3.07. The van der Waals surface area contributed by atoms with Crippen molar-refractivity contribution in [3.8, 4) is 0 Å². The molecule has 2 N–H and O–H groups in total. The average Bonchev–Trinajstić information content (AvgIpc) is 2.41. The zero-order valence-corrected chi connectivity index (χ0v) is 12.1. The van der Waals surface area contributed by atoms with Gasteiger partial charge < -0.3 is 10.6 Å². The van der Waals surface area contributed by atoms with Gasteiger partial charge in [-0.2, -0.15) is 0 Å². The Kier molecular flexibility index (Phi) is 4.64. The highest BCUT2D eigenvalue weighted by molar-refractivity contribution is 6.30. The second kappa shape index (κ2) is 6.44. The van der Waals surface area contributed by atoms with E-state index in [-0.39, 0.29) is 5.91 Å². The molecule has 0 fully saturated rings. The number of likely N-dealkylation sites (N-methyl/N-ethyl adjacent to an activating group) is 1. The van der Waals surface area contributed by atoms with Crippen molar-refractivity contribution in [1.29, 1.82) is 0 Å². The van der Waals surface area contributed by atoms with Crippen molar-refractivity contribution < 1.29 is 4.79 Å². The topological polar surface area (TPSA) is 46.3 Å². The van der Waals surface area contributed by atoms with Gasteiger partial charge in [-0.1, -0.05) is 35.9 Å². The largest absolute Gasteiger partial charge is 0.399 e. The van der Waals surface area contributed by atoms with Gasteiger partial charge in [-0.05, 0) is 35.4 Å². The zero-order valence-electron chi connectivity index (χ0n) is 11.3. The van der Waals surface area contributed by atoms with Gasteiger partial charge in [0, 0.05) is 24.3 Å². The maximum atomic E-state index is 12.2. The van der Waals surface area contributed by atoms with Crippen LogP contribution in [0.2, 0.25) is 5.02 Å². The number of carbonyl (C=O) groups excluding carboxylic acids is 1. The van der Waals surface area contributed by atoms with Gasteiger partial charge in [0.15, 0.2) is 0 Å². The molecule has 4 heteroatoms. The van der Waals surface area contributed by atoms with Gasteiger partial charge in [0.1, 0.15) is 0 Å². The van der Waals surface area contributed by atoms with E-state index in [0.29, 0.717) is 18.0 Å². The number of amides is 1. The summed E-state index contributed by atoms with van der Waals surface area (Å²) in [6.45, 7) is 0.569. The lowest BCUT2D eigenvalue weighted by atomic mass is 10.1. The number of hydrogen-bond acceptors (Lipinski definition) is 2. The highest BCUT2D eigenvalue weighted by Crippen LogP contribution is 2.13. The van der Waals surface area contributed by atoms with E-state index in [0.717, 1.165) is 16.8 Å². The van der Waals surface area contributed by atoms with Gasteiger partial charge in [-0.25, -0.2) is 0 Å². The van der Waals surface area contributed by atoms with Crippen LogP contribution in [0.15, 0.2) is 48.5 Å². The molecule has 104 valence electrons. The molecule has 2 aromatic carbocycles. The molecule has 0 bridgehead atoms. The van der Waals surface area contributed by atoms with E-state index >= 15 is 0 Å². The number of nitrogens with two attached hydrogens (primary N) is 1. The molecule has 3 nitrogen and oxygen atoms in total. The molecule has 0 spiro atoms. The number of benzene rings is 2. The smallest absolute Gasteiger partial charge is 0.227 e. The lowest BCUT2D eigenvalue weighted by Gasteiger charge is -2.17. The fraction of sp³-hybridized carbons (Fsp3) is 0.188. The molecule has 0 aliphatic heterocycles. The van der Waals surface area contributed by atoms with Crippen molar-refractivity contribution in [1.82, 2.24) is 4.90 Å². The van der Waals surface area contributed by atoms with Crippen LogP contribution in [0.1, 0.15) is 11.1 Å². The zero-order chi connectivity index (χ0) is 14.5. The predicted octanol–water partition coefficient (Wildman–Crippen LogP) is 3.12. The van der Waals surface area contributed by atoms with Gasteiger partial charge in [0.2, 0.25) is 5.91 Å². The van der Waals surface area contributed by atoms with Crippen LogP contribution in [0, 0.1) is 0 Å². The summed E-state index contributed by atoms with van der Waals surface area (Å²) in [5.74, 6) is 0.0593. The first-order valence-electron chi connectivity index (χ1n) is 6.37. The molecule has 0 aliphatic carbocycles. The van der Waals surface area contributed by atoms with Crippen LogP contribution in [0.3, 0.4) is 0 Å². The predicted molar refractivity (Wildman–Crippen MR) is 82.5 cm³/mol. The van der Waals surface area contributed by atoms with E-state index in [1.54, 1.807) is 18.0 Å². The second-order valence-electron chi connectivity index (χ2n) is 4.80. The summed E-state index contributed by atoms with van der Waals surface area (Å²) in [4.78, 5) is 13.9. The van der Waals surface area contributed by atoms with Crippen LogP contribution in [0.4, 0.5) is 5.69 Å². The molecule has 0 aliphatic rings. The monoisotopic (exact) mass is 288 g/mol. The van der Waals surface area contributed by atoms with E-state index < -0.39 is 0 Å². The minimum Gasteiger partial charge on any atom is -0.399 e. The maximum Gasteiger partial charge on any atom is 0.227 e. The lowest BCUT2D eigenvalue weighted by molar-refractivity contribution is -0.129. The number of hydrogen-bond donors (Lipinski definition) is 1. The van der Waals surface area contributed by atoms with Crippen LogP contribution in [0.5, 0.6) is 0 Å². The fourth-order valence-electron chi connectivity index (χ4n) is 1.94. The van der Waals surface area contributed by atoms with Gasteiger partial charge in [-0.3, -0.25) is 4.79 Å². The van der Waals surface area contributed by atoms with Crippen molar-refractivity contribution in [3.63, 3.8) is 0 Å². The molecule has 0 radical (unpaired) electrons. The molecular formula is C16H17ClN2O. The molecule has 0 saturated heterocycles. The molecule has 20 heavy (non-hydrogen) atoms. The Labute approximate surface area is 124 Å². The summed E-state index contributed by atoms with van der Waals surface area (Å²) in [6, 6.07) is 14.9. The highest BCUT2D eigenvalue weighted by atomic mass is 35.5. The molecule has 1 amide bonds. The summed E-state index contributed by atoms with van der Waals surface area (Å²) < 4.78 is 0. The van der Waals surface area contributed by atoms with Crippen LogP contribution >= 0.6 is 11.6 Å². The first-order valence-corrected chi connectivity index (χ1v) is 6.75. The van der Waals surface area contributed by atoms with Gasteiger partial charge in [-0.15, -0.1) is 0 Å². The summed E-state index contributed by atoms with van der Waals surface area (Å²) in [7, 11) is 1.79. The number of nitrogens with zero attached hydrogens (tertiary/aromatic N) is 1. The maximum absolute atomic E-state index is 12.2. The molecule has 0 saturated carbocycles. The third-order valence-corrected chi connectivity index (χ3v) is 3.30. The van der Waals surface area contributed by atoms with Crippen LogP contribution in [-0.2, 0) is 17.8 Å². The number of rotatable bonds is 4. The van der Waals surface area contributed by atoms with Crippen molar-refractivity contribution in [2.45, 2.75) is 13.0 Å². The summed E-state index contributed by atoms with van der Waals surface area (Å²) in [5, 5.41) is 0.650. The van der Waals surface area contributed by atoms with Crippen molar-refractivity contribution in [2.24, 2.45) is 0 Å². The van der Waals surface area contributed by atoms with E-state index in [4.69, 9.17) is 17.3 Å². The van der Waals surface area contributed by atoms with Crippen LogP contribution in [-0.4, -0.2) is 17.9 Å². The van der Waals surface area contributed by atoms with Crippen molar-refractivity contribution in [2.75, 3.05) is 12.8 Å². The van der Waals surface area contributed by atoms with E-state index in [1.165, 1.54) is 0 Å². The third kappa shape index (κ3) is 4.00. The first kappa shape index (κ1) is 14.4. The molecular weight excluding hydrogens is 272 g/mol. The minimum absolute atomic E-state index is 0.0593. The first-order chi connectivity index (χ1) is 9.54. The molecule has 0 unspecified atom stereocenters. The molecule has 0 atom stereocenters. The fourth-order valence-corrected chi connectivity index (χ4v) is 2.15. The summed E-state index contributed by atoms with van der Waals surface area (Å²) in [5.41, 5.74) is 8.34. The van der Waals surface area contributed by atoms with Crippen molar-refractivity contribution >= 4 is 23.2 Å². The van der Waals surface area contributed by atoms with Gasteiger partial charge >= 0.3 is 0 Å². The lowest BCUT2D eigenvalue weighted by Crippen LogP contribution is -2.27. The van der Waals surface area contributed by atoms with E-state index in [1.807, 2.05) is 42.5 Å². The Hall–Kier alpha value is -2.00. The van der Waals surface area contributed by atoms with Gasteiger partial charge in [0.05, 0.1) is 6.42 Å². The molecule has 2 aromatic rings. The Morgan fingerprint density at radius 2 is 1.85 bits per heavy atom. The second-order valence-corrected chi connectivity index (χ2v) is 5.23. The summed E-state index contributed by atoms with van der Waals surface area (Å²) >= 11 is 5.92. The van der Waals surface area contributed by atoms with E-state index in [9.17, 15) is 4.79 Å². The Bertz CT molecular complexity index is 596.